The van der Waals surface area contributed by atoms with Gasteiger partial charge in [0.15, 0.2) is 0 Å². The van der Waals surface area contributed by atoms with Crippen molar-refractivity contribution in [2.45, 2.75) is 117 Å². The molecular weight excluding hydrogens is 632 g/mol. The van der Waals surface area contributed by atoms with Crippen LogP contribution in [0.15, 0.2) is 30.3 Å². The van der Waals surface area contributed by atoms with Crippen LogP contribution in [0.2, 0.25) is 0 Å². The Morgan fingerprint density at radius 1 is 0.500 bits per heavy atom. The van der Waals surface area contributed by atoms with E-state index in [1.54, 1.807) is 5.46 Å². The molecule has 0 aliphatic carbocycles. The number of benzene rings is 1. The van der Waals surface area contributed by atoms with Crippen molar-refractivity contribution in [2.24, 2.45) is 0 Å². The van der Waals surface area contributed by atoms with Crippen LogP contribution in [0.4, 0.5) is 0 Å². The van der Waals surface area contributed by atoms with Gasteiger partial charge in [0.25, 0.3) is 0 Å². The Hall–Kier alpha value is 1.50. The third kappa shape index (κ3) is 9.86. The fraction of sp³-hybridized carbons (Fsp3) is 0.778. The molecule has 0 aromatic heterocycles. The van der Waals surface area contributed by atoms with Gasteiger partial charge >= 0.3 is 27.3 Å². The van der Waals surface area contributed by atoms with Crippen LogP contribution in [0.5, 0.6) is 0 Å². The van der Waals surface area contributed by atoms with Crippen molar-refractivity contribution in [1.82, 2.24) is 0 Å². The molecule has 0 saturated heterocycles. The summed E-state index contributed by atoms with van der Waals surface area (Å²) in [6.07, 6.45) is -0.509. The van der Waals surface area contributed by atoms with E-state index >= 15 is 0 Å². The second-order valence-corrected chi connectivity index (χ2v) is 23.8. The van der Waals surface area contributed by atoms with Crippen LogP contribution in [-0.2, 0) is 0 Å². The summed E-state index contributed by atoms with van der Waals surface area (Å²) in [5.41, 5.74) is 6.89. The summed E-state index contributed by atoms with van der Waals surface area (Å²) >= 11 is 0. The Morgan fingerprint density at radius 2 is 0.750 bits per heavy atom. The Balaban J connectivity index is 0.00000961. The van der Waals surface area contributed by atoms with Crippen LogP contribution in [0.3, 0.4) is 0 Å². The SMILES string of the molecule is CC(C)[PH+](C[B-](C[PH+](C(C)C)C(C)C)(C[PH+](C(C)C)C(C)C)c1ccccc1)C(C)C.[Tl+]. The largest absolute Gasteiger partial charge is 1.00 e. The summed E-state index contributed by atoms with van der Waals surface area (Å²) in [7, 11) is -1.24. The molecule has 0 aliphatic heterocycles. The second kappa shape index (κ2) is 15.6. The first-order valence-corrected chi connectivity index (χ1v) is 18.7. The molecule has 0 radical (unpaired) electrons. The van der Waals surface area contributed by atoms with Crippen LogP contribution in [-0.4, -0.2) is 85.6 Å². The third-order valence-corrected chi connectivity index (χ3v) is 20.5. The van der Waals surface area contributed by atoms with Crippen molar-refractivity contribution in [1.29, 1.82) is 0 Å². The fourth-order valence-electron chi connectivity index (χ4n) is 6.20. The molecule has 0 amide bonds. The molecule has 0 saturated carbocycles. The second-order valence-electron chi connectivity index (χ2n) is 12.2. The molecule has 0 unspecified atom stereocenters. The van der Waals surface area contributed by atoms with Gasteiger partial charge in [-0.05, 0) is 107 Å². The van der Waals surface area contributed by atoms with Gasteiger partial charge in [-0.1, -0.05) is 48.5 Å². The first-order chi connectivity index (χ1) is 14.3. The molecule has 5 heteroatoms. The van der Waals surface area contributed by atoms with E-state index in [2.05, 4.69) is 113 Å². The Bertz CT molecular complexity index is 538. The molecule has 1 aromatic carbocycles. The van der Waals surface area contributed by atoms with E-state index in [1.165, 1.54) is 18.2 Å². The zero-order chi connectivity index (χ0) is 23.9. The third-order valence-electron chi connectivity index (χ3n) is 7.84. The molecule has 0 nitrogen and oxygen atoms in total. The van der Waals surface area contributed by atoms with Crippen LogP contribution in [0, 0.1) is 0 Å². The monoisotopic (exact) mass is 689 g/mol. The maximum absolute atomic E-state index is 2.53. The van der Waals surface area contributed by atoms with Crippen LogP contribution < -0.4 is 5.46 Å². The maximum Gasteiger partial charge on any atom is 1.00 e. The van der Waals surface area contributed by atoms with E-state index in [9.17, 15) is 0 Å². The van der Waals surface area contributed by atoms with E-state index in [4.69, 9.17) is 0 Å². The van der Waals surface area contributed by atoms with Crippen molar-refractivity contribution < 1.29 is 0 Å². The number of hydrogen-bond acceptors (Lipinski definition) is 0. The molecule has 182 valence electrons. The van der Waals surface area contributed by atoms with Crippen molar-refractivity contribution in [3.8, 4) is 0 Å². The summed E-state index contributed by atoms with van der Waals surface area (Å²) in [6.45, 7) is 30.3. The molecule has 0 atom stereocenters. The maximum atomic E-state index is 2.53. The minimum Gasteiger partial charge on any atom is -0.197 e. The normalized spacial score (nSPS) is 13.2. The minimum absolute atomic E-state index is 0. The first kappa shape index (κ1) is 33.5. The summed E-state index contributed by atoms with van der Waals surface area (Å²) in [6, 6.07) is 16.5. The molecule has 0 bridgehead atoms. The summed E-state index contributed by atoms with van der Waals surface area (Å²) < 4.78 is 0. The standard InChI is InChI=1S/C27H53BP3.Tl/c1-21(2)29(22(3)4)18-28(27-16-14-13-15-17-27,19-30(23(5)6)24(7)8)20-31(25(9)10)26(11)12;/h13-17,21-26H,18-20H2,1-12H3;/q-1;+1/p+3. The van der Waals surface area contributed by atoms with Gasteiger partial charge in [0.1, 0.15) is 6.15 Å². The van der Waals surface area contributed by atoms with Crippen LogP contribution in [0.25, 0.3) is 0 Å². The molecule has 0 aliphatic rings. The Kier molecular flexibility index (Phi) is 16.3. The average molecular weight is 689 g/mol. The van der Waals surface area contributed by atoms with Crippen LogP contribution in [0.1, 0.15) is 83.1 Å². The molecular formula is C27H56BP3Tl+3. The van der Waals surface area contributed by atoms with E-state index in [1.807, 2.05) is 0 Å². The Morgan fingerprint density at radius 3 is 0.969 bits per heavy atom. The first-order valence-electron chi connectivity index (χ1n) is 13.1. The predicted molar refractivity (Wildman–Crippen MR) is 168 cm³/mol. The van der Waals surface area contributed by atoms with Gasteiger partial charge in [0.2, 0.25) is 0 Å². The zero-order valence-corrected chi connectivity index (χ0v) is 31.1. The Labute approximate surface area is 227 Å². The molecule has 0 N–H and O–H groups in total. The average Bonchev–Trinajstić information content (AvgIpc) is 2.66. The predicted octanol–water partition coefficient (Wildman–Crippen LogP) is 7.67. The van der Waals surface area contributed by atoms with Gasteiger partial charge in [-0.25, -0.2) is 0 Å². The fourth-order valence-corrected chi connectivity index (χ4v) is 18.2. The van der Waals surface area contributed by atoms with E-state index in [-0.39, 0.29) is 27.3 Å². The zero-order valence-electron chi connectivity index (χ0n) is 23.6. The van der Waals surface area contributed by atoms with Gasteiger partial charge < -0.3 is 0 Å². The van der Waals surface area contributed by atoms with E-state index in [0.717, 1.165) is 34.0 Å². The smallest absolute Gasteiger partial charge is 0.197 e. The molecule has 0 heterocycles. The number of hydrogen-bond donors (Lipinski definition) is 0. The molecule has 32 heavy (non-hydrogen) atoms. The summed E-state index contributed by atoms with van der Waals surface area (Å²) in [5.74, 6) is 0. The van der Waals surface area contributed by atoms with Gasteiger partial charge in [-0.3, -0.25) is 0 Å². The van der Waals surface area contributed by atoms with Gasteiger partial charge in [0, 0.05) is 0 Å². The molecule has 0 fully saturated rings. The molecule has 0 spiro atoms. The summed E-state index contributed by atoms with van der Waals surface area (Å²) in [4.78, 5) is 0. The van der Waals surface area contributed by atoms with Gasteiger partial charge in [-0.2, -0.15) is 5.46 Å². The topological polar surface area (TPSA) is 0 Å². The van der Waals surface area contributed by atoms with Crippen molar-refractivity contribution in [2.75, 3.05) is 18.2 Å². The van der Waals surface area contributed by atoms with Gasteiger partial charge in [0.05, 0.1) is 34.0 Å². The number of rotatable bonds is 13. The van der Waals surface area contributed by atoms with Crippen LogP contribution >= 0.6 is 23.8 Å². The van der Waals surface area contributed by atoms with Crippen molar-refractivity contribution >= 4 is 62.7 Å². The van der Waals surface area contributed by atoms with Crippen molar-refractivity contribution in [3.05, 3.63) is 30.3 Å². The molecule has 1 rings (SSSR count). The quantitative estimate of drug-likeness (QED) is 0.148. The van der Waals surface area contributed by atoms with Crippen molar-refractivity contribution in [3.63, 3.8) is 0 Å². The minimum atomic E-state index is -0.509. The molecule has 1 aromatic rings. The summed E-state index contributed by atoms with van der Waals surface area (Å²) in [5, 5.41) is 0. The van der Waals surface area contributed by atoms with Gasteiger partial charge in [-0.15, -0.1) is 0 Å². The van der Waals surface area contributed by atoms with E-state index in [0.29, 0.717) is 0 Å². The van der Waals surface area contributed by atoms with E-state index < -0.39 is 29.9 Å².